The third-order valence-corrected chi connectivity index (χ3v) is 7.58. The monoisotopic (exact) mass is 445 g/mol. The molecule has 0 bridgehead atoms. The van der Waals surface area contributed by atoms with E-state index in [0.717, 1.165) is 23.8 Å². The van der Waals surface area contributed by atoms with Crippen LogP contribution >= 0.6 is 11.8 Å². The highest BCUT2D eigenvalue weighted by atomic mass is 32.2. The van der Waals surface area contributed by atoms with Crippen LogP contribution in [0.3, 0.4) is 0 Å². The Morgan fingerprint density at radius 2 is 1.41 bits per heavy atom. The summed E-state index contributed by atoms with van der Waals surface area (Å²) in [5, 5.41) is 0. The quantitative estimate of drug-likeness (QED) is 0.410. The van der Waals surface area contributed by atoms with Crippen LogP contribution in [-0.4, -0.2) is 43.5 Å². The van der Waals surface area contributed by atoms with Crippen molar-refractivity contribution in [1.82, 2.24) is 4.90 Å². The molecule has 32 heavy (non-hydrogen) atoms. The van der Waals surface area contributed by atoms with Crippen molar-refractivity contribution in [2.75, 3.05) is 38.6 Å². The minimum absolute atomic E-state index is 0.492. The normalized spacial score (nSPS) is 16.9. The summed E-state index contributed by atoms with van der Waals surface area (Å²) in [7, 11) is 0. The molecular weight excluding hydrogens is 414 g/mol. The van der Waals surface area contributed by atoms with Crippen LogP contribution in [0.1, 0.15) is 29.9 Å². The Kier molecular flexibility index (Phi) is 7.00. The third kappa shape index (κ3) is 5.13. The van der Waals surface area contributed by atoms with Crippen molar-refractivity contribution in [2.45, 2.75) is 23.7 Å². The average Bonchev–Trinajstić information content (AvgIpc) is 2.86. The van der Waals surface area contributed by atoms with Gasteiger partial charge in [-0.25, -0.2) is 0 Å². The van der Waals surface area contributed by atoms with Gasteiger partial charge in [-0.15, -0.1) is 11.8 Å². The van der Waals surface area contributed by atoms with Gasteiger partial charge in [-0.3, -0.25) is 0 Å². The van der Waals surface area contributed by atoms with E-state index in [2.05, 4.69) is 77.7 Å². The Labute approximate surface area is 195 Å². The standard InChI is InChI=1S/C28H31NO2S/c1-3-7-22(8-4-1)28(23-9-5-2-6-10-23)24-13-15-29(16-14-24)17-20-32-25-11-12-26-27(21-25)31-19-18-30-26/h1-12,21,24,28H,13-20H2. The van der Waals surface area contributed by atoms with Crippen molar-refractivity contribution < 1.29 is 9.47 Å². The average molecular weight is 446 g/mol. The van der Waals surface area contributed by atoms with Crippen LogP contribution in [0.15, 0.2) is 83.8 Å². The van der Waals surface area contributed by atoms with Gasteiger partial charge in [0, 0.05) is 23.1 Å². The second-order valence-corrected chi connectivity index (χ2v) is 9.80. The summed E-state index contributed by atoms with van der Waals surface area (Å²) < 4.78 is 11.3. The molecule has 2 heterocycles. The summed E-state index contributed by atoms with van der Waals surface area (Å²) >= 11 is 1.91. The van der Waals surface area contributed by atoms with Crippen LogP contribution in [0.5, 0.6) is 11.5 Å². The van der Waals surface area contributed by atoms with Crippen LogP contribution in [0.4, 0.5) is 0 Å². The summed E-state index contributed by atoms with van der Waals surface area (Å²) in [6, 6.07) is 28.4. The highest BCUT2D eigenvalue weighted by Crippen LogP contribution is 2.38. The number of benzene rings is 3. The Hall–Kier alpha value is -2.43. The second kappa shape index (κ2) is 10.5. The van der Waals surface area contributed by atoms with Gasteiger partial charge in [0.25, 0.3) is 0 Å². The predicted molar refractivity (Wildman–Crippen MR) is 132 cm³/mol. The Bertz CT molecular complexity index is 947. The van der Waals surface area contributed by atoms with Gasteiger partial charge in [0.2, 0.25) is 0 Å². The van der Waals surface area contributed by atoms with Gasteiger partial charge in [-0.1, -0.05) is 60.7 Å². The fourth-order valence-corrected chi connectivity index (χ4v) is 5.91. The van der Waals surface area contributed by atoms with Crippen LogP contribution in [0.25, 0.3) is 0 Å². The van der Waals surface area contributed by atoms with Crippen LogP contribution in [0, 0.1) is 5.92 Å². The molecule has 0 N–H and O–H groups in total. The number of piperidine rings is 1. The molecule has 0 saturated carbocycles. The van der Waals surface area contributed by atoms with Crippen LogP contribution in [0.2, 0.25) is 0 Å². The lowest BCUT2D eigenvalue weighted by molar-refractivity contribution is 0.171. The molecule has 4 heteroatoms. The first kappa shape index (κ1) is 21.4. The van der Waals surface area contributed by atoms with Crippen molar-refractivity contribution in [3.8, 4) is 11.5 Å². The fourth-order valence-electron chi connectivity index (χ4n) is 4.97. The maximum Gasteiger partial charge on any atom is 0.162 e. The first-order valence-electron chi connectivity index (χ1n) is 11.7. The molecule has 0 spiro atoms. The van der Waals surface area contributed by atoms with Gasteiger partial charge >= 0.3 is 0 Å². The van der Waals surface area contributed by atoms with Gasteiger partial charge in [-0.2, -0.15) is 0 Å². The van der Waals surface area contributed by atoms with Crippen LogP contribution in [-0.2, 0) is 0 Å². The molecule has 0 unspecified atom stereocenters. The van der Waals surface area contributed by atoms with Crippen molar-refractivity contribution >= 4 is 11.8 Å². The Morgan fingerprint density at radius 1 is 0.781 bits per heavy atom. The minimum Gasteiger partial charge on any atom is -0.486 e. The summed E-state index contributed by atoms with van der Waals surface area (Å²) in [6.45, 7) is 4.78. The van der Waals surface area contributed by atoms with E-state index in [-0.39, 0.29) is 0 Å². The second-order valence-electron chi connectivity index (χ2n) is 8.63. The van der Waals surface area contributed by atoms with E-state index in [1.807, 2.05) is 17.8 Å². The number of fused-ring (bicyclic) bond motifs is 1. The van der Waals surface area contributed by atoms with Crippen molar-refractivity contribution in [3.63, 3.8) is 0 Å². The SMILES string of the molecule is c1ccc(C(c2ccccc2)C2CCN(CCSc3ccc4c(c3)OCCO4)CC2)cc1. The van der Waals surface area contributed by atoms with E-state index in [4.69, 9.17) is 9.47 Å². The number of hydrogen-bond acceptors (Lipinski definition) is 4. The number of likely N-dealkylation sites (tertiary alicyclic amines) is 1. The summed E-state index contributed by atoms with van der Waals surface area (Å²) in [6.07, 6.45) is 2.51. The van der Waals surface area contributed by atoms with Crippen molar-refractivity contribution in [3.05, 3.63) is 90.0 Å². The van der Waals surface area contributed by atoms with Gasteiger partial charge in [0.1, 0.15) is 13.2 Å². The molecule has 3 aromatic rings. The number of hydrogen-bond donors (Lipinski definition) is 0. The molecule has 3 nitrogen and oxygen atoms in total. The number of rotatable bonds is 7. The van der Waals surface area contributed by atoms with Gasteiger partial charge in [-0.05, 0) is 61.2 Å². The molecule has 1 fully saturated rings. The zero-order chi connectivity index (χ0) is 21.6. The van der Waals surface area contributed by atoms with E-state index in [9.17, 15) is 0 Å². The number of ether oxygens (including phenoxy) is 2. The molecule has 0 atom stereocenters. The molecule has 2 aliphatic heterocycles. The Morgan fingerprint density at radius 3 is 2.06 bits per heavy atom. The number of thioether (sulfide) groups is 1. The van der Waals surface area contributed by atoms with E-state index in [1.54, 1.807) is 0 Å². The Balaban J connectivity index is 1.16. The minimum atomic E-state index is 0.492. The van der Waals surface area contributed by atoms with Gasteiger partial charge in [0.05, 0.1) is 0 Å². The molecule has 0 aliphatic carbocycles. The first-order chi connectivity index (χ1) is 15.9. The van der Waals surface area contributed by atoms with Crippen molar-refractivity contribution in [2.24, 2.45) is 5.92 Å². The highest BCUT2D eigenvalue weighted by molar-refractivity contribution is 7.99. The maximum atomic E-state index is 5.72. The summed E-state index contributed by atoms with van der Waals surface area (Å²) in [5.41, 5.74) is 2.90. The molecular formula is C28H31NO2S. The first-order valence-corrected chi connectivity index (χ1v) is 12.7. The zero-order valence-corrected chi connectivity index (χ0v) is 19.3. The van der Waals surface area contributed by atoms with E-state index in [0.29, 0.717) is 25.0 Å². The predicted octanol–water partition coefficient (Wildman–Crippen LogP) is 6.09. The summed E-state index contributed by atoms with van der Waals surface area (Å²) in [5.74, 6) is 4.04. The summed E-state index contributed by atoms with van der Waals surface area (Å²) in [4.78, 5) is 3.89. The largest absolute Gasteiger partial charge is 0.486 e. The smallest absolute Gasteiger partial charge is 0.162 e. The van der Waals surface area contributed by atoms with E-state index in [1.165, 1.54) is 42.0 Å². The third-order valence-electron chi connectivity index (χ3n) is 6.61. The molecule has 3 aromatic carbocycles. The van der Waals surface area contributed by atoms with Crippen LogP contribution < -0.4 is 9.47 Å². The molecule has 0 aromatic heterocycles. The molecule has 1 saturated heterocycles. The highest BCUT2D eigenvalue weighted by Gasteiger charge is 2.28. The zero-order valence-electron chi connectivity index (χ0n) is 18.5. The van der Waals surface area contributed by atoms with Gasteiger partial charge < -0.3 is 14.4 Å². The molecule has 5 rings (SSSR count). The van der Waals surface area contributed by atoms with Crippen molar-refractivity contribution in [1.29, 1.82) is 0 Å². The maximum absolute atomic E-state index is 5.72. The topological polar surface area (TPSA) is 21.7 Å². The number of nitrogens with zero attached hydrogens (tertiary/aromatic N) is 1. The van der Waals surface area contributed by atoms with Gasteiger partial charge in [0.15, 0.2) is 11.5 Å². The fraction of sp³-hybridized carbons (Fsp3) is 0.357. The van der Waals surface area contributed by atoms with E-state index >= 15 is 0 Å². The molecule has 2 aliphatic rings. The lowest BCUT2D eigenvalue weighted by Crippen LogP contribution is -2.37. The lowest BCUT2D eigenvalue weighted by Gasteiger charge is -2.36. The van der Waals surface area contributed by atoms with E-state index < -0.39 is 0 Å². The molecule has 166 valence electrons. The molecule has 0 radical (unpaired) electrons. The molecule has 0 amide bonds. The lowest BCUT2D eigenvalue weighted by atomic mass is 9.76.